The van der Waals surface area contributed by atoms with E-state index in [0.29, 0.717) is 22.6 Å². The zero-order valence-electron chi connectivity index (χ0n) is 13.1. The largest absolute Gasteiger partial charge is 0.433 e. The normalized spacial score (nSPS) is 11.6. The van der Waals surface area contributed by atoms with Gasteiger partial charge in [-0.2, -0.15) is 13.2 Å². The van der Waals surface area contributed by atoms with Crippen LogP contribution in [-0.4, -0.2) is 54.5 Å². The SMILES string of the molecule is COCCNc1nnc(Sc2nc(N(C)C)cc(C(F)(F)F)n2)s1. The minimum Gasteiger partial charge on any atom is -0.383 e. The summed E-state index contributed by atoms with van der Waals surface area (Å²) in [7, 11) is 4.80. The first-order valence-electron chi connectivity index (χ1n) is 6.67. The van der Waals surface area contributed by atoms with Crippen LogP contribution in [0.5, 0.6) is 0 Å². The average molecular weight is 380 g/mol. The molecule has 0 saturated carbocycles. The van der Waals surface area contributed by atoms with Crippen LogP contribution in [-0.2, 0) is 10.9 Å². The minimum atomic E-state index is -4.54. The van der Waals surface area contributed by atoms with Crippen LogP contribution in [0.25, 0.3) is 0 Å². The molecule has 0 fully saturated rings. The second-order valence-electron chi connectivity index (χ2n) is 4.68. The molecule has 2 aromatic heterocycles. The third kappa shape index (κ3) is 5.18. The summed E-state index contributed by atoms with van der Waals surface area (Å²) in [6, 6.07) is 0.905. The zero-order chi connectivity index (χ0) is 17.7. The molecule has 0 atom stereocenters. The molecule has 0 radical (unpaired) electrons. The van der Waals surface area contributed by atoms with Crippen molar-refractivity contribution in [3.8, 4) is 0 Å². The summed E-state index contributed by atoms with van der Waals surface area (Å²) in [6.07, 6.45) is -4.54. The van der Waals surface area contributed by atoms with Gasteiger partial charge in [-0.1, -0.05) is 11.3 Å². The molecule has 0 aliphatic carbocycles. The maximum atomic E-state index is 13.0. The molecule has 2 rings (SSSR count). The Morgan fingerprint density at radius 3 is 2.67 bits per heavy atom. The van der Waals surface area contributed by atoms with E-state index in [1.165, 1.54) is 16.2 Å². The van der Waals surface area contributed by atoms with Gasteiger partial charge in [0.1, 0.15) is 5.82 Å². The van der Waals surface area contributed by atoms with E-state index in [1.807, 2.05) is 0 Å². The van der Waals surface area contributed by atoms with Gasteiger partial charge in [-0.3, -0.25) is 0 Å². The van der Waals surface area contributed by atoms with Crippen LogP contribution in [0.2, 0.25) is 0 Å². The molecule has 12 heteroatoms. The summed E-state index contributed by atoms with van der Waals surface area (Å²) in [5.74, 6) is 0.169. The molecule has 0 aromatic carbocycles. The number of ether oxygens (including phenoxy) is 1. The van der Waals surface area contributed by atoms with Crippen LogP contribution < -0.4 is 10.2 Å². The van der Waals surface area contributed by atoms with Gasteiger partial charge in [-0.05, 0) is 11.8 Å². The highest BCUT2D eigenvalue weighted by Crippen LogP contribution is 2.34. The van der Waals surface area contributed by atoms with Crippen LogP contribution >= 0.6 is 23.1 Å². The van der Waals surface area contributed by atoms with Crippen molar-refractivity contribution in [1.29, 1.82) is 0 Å². The molecular formula is C12H15F3N6OS2. The van der Waals surface area contributed by atoms with Gasteiger partial charge in [0.2, 0.25) is 5.13 Å². The van der Waals surface area contributed by atoms with Gasteiger partial charge in [0.25, 0.3) is 0 Å². The minimum absolute atomic E-state index is 0.0342. The number of halogens is 3. The number of aromatic nitrogens is 4. The number of anilines is 2. The quantitative estimate of drug-likeness (QED) is 0.580. The first-order chi connectivity index (χ1) is 11.3. The predicted molar refractivity (Wildman–Crippen MR) is 85.8 cm³/mol. The Morgan fingerprint density at radius 1 is 1.29 bits per heavy atom. The molecule has 1 N–H and O–H groups in total. The van der Waals surface area contributed by atoms with E-state index in [9.17, 15) is 13.2 Å². The summed E-state index contributed by atoms with van der Waals surface area (Å²) in [5.41, 5.74) is -0.994. The van der Waals surface area contributed by atoms with Gasteiger partial charge >= 0.3 is 6.18 Å². The third-order valence-electron chi connectivity index (χ3n) is 2.61. The van der Waals surface area contributed by atoms with Crippen LogP contribution in [0.3, 0.4) is 0 Å². The first-order valence-corrected chi connectivity index (χ1v) is 8.30. The van der Waals surface area contributed by atoms with Gasteiger partial charge in [-0.25, -0.2) is 9.97 Å². The summed E-state index contributed by atoms with van der Waals surface area (Å²) in [6.45, 7) is 1.06. The Labute approximate surface area is 144 Å². The molecule has 0 saturated heterocycles. The highest BCUT2D eigenvalue weighted by Gasteiger charge is 2.34. The van der Waals surface area contributed by atoms with Gasteiger partial charge in [-0.15, -0.1) is 10.2 Å². The van der Waals surface area contributed by atoms with Gasteiger partial charge in [0.05, 0.1) is 6.61 Å². The van der Waals surface area contributed by atoms with E-state index in [4.69, 9.17) is 4.74 Å². The predicted octanol–water partition coefficient (Wildman–Crippen LogP) is 2.62. The van der Waals surface area contributed by atoms with Crippen LogP contribution in [0.1, 0.15) is 5.69 Å². The highest BCUT2D eigenvalue weighted by molar-refractivity contribution is 8.00. The van der Waals surface area contributed by atoms with E-state index >= 15 is 0 Å². The topological polar surface area (TPSA) is 76.1 Å². The Kier molecular flexibility index (Phi) is 6.18. The summed E-state index contributed by atoms with van der Waals surface area (Å²) in [4.78, 5) is 9.15. The molecule has 0 aliphatic rings. The lowest BCUT2D eigenvalue weighted by atomic mass is 10.4. The Bertz CT molecular complexity index is 679. The monoisotopic (exact) mass is 380 g/mol. The molecule has 2 aromatic rings. The van der Waals surface area contributed by atoms with E-state index in [-0.39, 0.29) is 11.0 Å². The van der Waals surface area contributed by atoms with Crippen molar-refractivity contribution < 1.29 is 17.9 Å². The van der Waals surface area contributed by atoms with Crippen LogP contribution in [0.4, 0.5) is 24.1 Å². The van der Waals surface area contributed by atoms with E-state index in [1.54, 1.807) is 21.2 Å². The Hall–Kier alpha value is -1.66. The molecule has 0 amide bonds. The fourth-order valence-corrected chi connectivity index (χ4v) is 3.14. The number of methoxy groups -OCH3 is 1. The number of nitrogens with zero attached hydrogens (tertiary/aromatic N) is 5. The van der Waals surface area contributed by atoms with Crippen molar-refractivity contribution in [2.75, 3.05) is 44.6 Å². The number of rotatable bonds is 7. The number of hydrogen-bond acceptors (Lipinski definition) is 9. The maximum Gasteiger partial charge on any atom is 0.433 e. The van der Waals surface area contributed by atoms with Gasteiger partial charge in [0, 0.05) is 33.8 Å². The van der Waals surface area contributed by atoms with E-state index < -0.39 is 11.9 Å². The average Bonchev–Trinajstić information content (AvgIpc) is 2.93. The van der Waals surface area contributed by atoms with Gasteiger partial charge < -0.3 is 15.0 Å². The summed E-state index contributed by atoms with van der Waals surface area (Å²) < 4.78 is 44.2. The van der Waals surface area contributed by atoms with Gasteiger partial charge in [0.15, 0.2) is 15.2 Å². The standard InChI is InChI=1S/C12H15F3N6OS2/c1-21(2)8-6-7(12(13,14)15)17-10(18-8)24-11-20-19-9(23-11)16-4-5-22-3/h6H,4-5H2,1-3H3,(H,16,19). The molecule has 0 bridgehead atoms. The Balaban J connectivity index is 2.18. The smallest absolute Gasteiger partial charge is 0.383 e. The summed E-state index contributed by atoms with van der Waals surface area (Å²) >= 11 is 2.14. The lowest BCUT2D eigenvalue weighted by Crippen LogP contribution is -2.15. The fourth-order valence-electron chi connectivity index (χ4n) is 1.49. The molecule has 2 heterocycles. The Morgan fingerprint density at radius 2 is 2.04 bits per heavy atom. The fraction of sp³-hybridized carbons (Fsp3) is 0.500. The van der Waals surface area contributed by atoms with Crippen molar-refractivity contribution in [2.24, 2.45) is 0 Å². The molecule has 0 aliphatic heterocycles. The second-order valence-corrected chi connectivity index (χ2v) is 6.87. The van der Waals surface area contributed by atoms with Crippen molar-refractivity contribution in [2.45, 2.75) is 15.7 Å². The molecular weight excluding hydrogens is 365 g/mol. The van der Waals surface area contributed by atoms with Crippen LogP contribution in [0.15, 0.2) is 15.6 Å². The van der Waals surface area contributed by atoms with Crippen molar-refractivity contribution in [3.05, 3.63) is 11.8 Å². The van der Waals surface area contributed by atoms with Crippen LogP contribution in [0, 0.1) is 0 Å². The summed E-state index contributed by atoms with van der Waals surface area (Å²) in [5, 5.41) is 11.3. The molecule has 0 spiro atoms. The van der Waals surface area contributed by atoms with Crippen molar-refractivity contribution in [3.63, 3.8) is 0 Å². The van der Waals surface area contributed by atoms with Crippen molar-refractivity contribution >= 4 is 34.0 Å². The lowest BCUT2D eigenvalue weighted by molar-refractivity contribution is -0.141. The number of hydrogen-bond donors (Lipinski definition) is 1. The third-order valence-corrected chi connectivity index (χ3v) is 4.41. The van der Waals surface area contributed by atoms with E-state index in [2.05, 4.69) is 25.5 Å². The molecule has 7 nitrogen and oxygen atoms in total. The highest BCUT2D eigenvalue weighted by atomic mass is 32.2. The second kappa shape index (κ2) is 7.94. The number of nitrogens with one attached hydrogen (secondary N) is 1. The number of alkyl halides is 3. The lowest BCUT2D eigenvalue weighted by Gasteiger charge is -2.14. The molecule has 24 heavy (non-hydrogen) atoms. The zero-order valence-corrected chi connectivity index (χ0v) is 14.7. The molecule has 0 unspecified atom stereocenters. The van der Waals surface area contributed by atoms with E-state index in [0.717, 1.165) is 17.8 Å². The molecule has 132 valence electrons. The first kappa shape index (κ1) is 18.7. The van der Waals surface area contributed by atoms with Crippen molar-refractivity contribution in [1.82, 2.24) is 20.2 Å². The maximum absolute atomic E-state index is 13.0.